The molecule has 0 spiro atoms. The number of H-pyrrole nitrogens is 1. The number of carboxylic acid groups (broad SMARTS) is 2. The molecule has 0 saturated carbocycles. The Kier molecular flexibility index (Phi) is 4.95. The Morgan fingerprint density at radius 3 is 2.42 bits per heavy atom. The molecule has 1 aromatic carbocycles. The molecule has 0 fully saturated rings. The highest BCUT2D eigenvalue weighted by molar-refractivity contribution is 5.89. The molecule has 0 radical (unpaired) electrons. The molecule has 0 amide bonds. The molecule has 2 atom stereocenters. The molecule has 0 unspecified atom stereocenters. The van der Waals surface area contributed by atoms with Gasteiger partial charge in [-0.15, -0.1) is 0 Å². The molecule has 0 aliphatic heterocycles. The molecule has 9 nitrogen and oxygen atoms in total. The highest BCUT2D eigenvalue weighted by atomic mass is 16.4. The second-order valence-electron chi connectivity index (χ2n) is 5.12. The normalized spacial score (nSPS) is 13.2. The number of carbonyl (C=O) groups is 2. The van der Waals surface area contributed by atoms with Crippen molar-refractivity contribution in [3.63, 3.8) is 0 Å². The number of aromatic carboxylic acids is 1. The molecule has 0 aliphatic carbocycles. The number of aromatic amines is 1. The number of aliphatic carboxylic acids is 1. The summed E-state index contributed by atoms with van der Waals surface area (Å²) in [6.45, 7) is 0. The number of hydrogen-bond acceptors (Lipinski definition) is 5. The number of nitrogens with one attached hydrogen (secondary N) is 1. The van der Waals surface area contributed by atoms with Crippen LogP contribution in [0.3, 0.4) is 0 Å². The first-order valence-corrected chi connectivity index (χ1v) is 6.92. The van der Waals surface area contributed by atoms with E-state index >= 15 is 0 Å². The van der Waals surface area contributed by atoms with Crippen molar-refractivity contribution in [1.82, 2.24) is 9.55 Å². The standard InChI is InChI=1S/C15H15N3O6/c16-12(14(22)23)10(18-6-5-11(19)17-15(18)24)7-8-3-1-2-4-9(8)13(20)21/h1-6,10,12H,7,16H2,(H,20,21)(H,22,23)(H,17,19,24)/t10-,12+/m1/s1. The zero-order valence-electron chi connectivity index (χ0n) is 12.4. The van der Waals surface area contributed by atoms with E-state index in [2.05, 4.69) is 0 Å². The summed E-state index contributed by atoms with van der Waals surface area (Å²) in [5, 5.41) is 18.4. The van der Waals surface area contributed by atoms with Crippen LogP contribution >= 0.6 is 0 Å². The highest BCUT2D eigenvalue weighted by Crippen LogP contribution is 2.19. The third kappa shape index (κ3) is 3.58. The third-order valence-corrected chi connectivity index (χ3v) is 3.58. The average Bonchev–Trinajstić information content (AvgIpc) is 2.52. The van der Waals surface area contributed by atoms with Crippen molar-refractivity contribution in [3.8, 4) is 0 Å². The fraction of sp³-hybridized carbons (Fsp3) is 0.200. The molecule has 2 aromatic rings. The topological polar surface area (TPSA) is 155 Å². The Hall–Kier alpha value is -3.20. The van der Waals surface area contributed by atoms with Gasteiger partial charge in [0.2, 0.25) is 0 Å². The fourth-order valence-electron chi connectivity index (χ4n) is 2.38. The van der Waals surface area contributed by atoms with Gasteiger partial charge in [-0.1, -0.05) is 18.2 Å². The lowest BCUT2D eigenvalue weighted by atomic mass is 9.96. The molecule has 1 heterocycles. The molecule has 5 N–H and O–H groups in total. The summed E-state index contributed by atoms with van der Waals surface area (Å²) in [6, 6.07) is 4.53. The maximum atomic E-state index is 12.0. The second kappa shape index (κ2) is 6.92. The van der Waals surface area contributed by atoms with Crippen molar-refractivity contribution >= 4 is 11.9 Å². The van der Waals surface area contributed by atoms with Gasteiger partial charge in [-0.25, -0.2) is 9.59 Å². The fourth-order valence-corrected chi connectivity index (χ4v) is 2.38. The Balaban J connectivity index is 2.53. The van der Waals surface area contributed by atoms with E-state index in [1.54, 1.807) is 6.07 Å². The molecule has 126 valence electrons. The predicted octanol–water partition coefficient (Wildman–Crippen LogP) is -0.570. The van der Waals surface area contributed by atoms with E-state index in [0.29, 0.717) is 5.56 Å². The quantitative estimate of drug-likeness (QED) is 0.551. The van der Waals surface area contributed by atoms with Crippen LogP contribution in [0.1, 0.15) is 22.0 Å². The van der Waals surface area contributed by atoms with Crippen molar-refractivity contribution in [2.75, 3.05) is 0 Å². The molecule has 1 aromatic heterocycles. The van der Waals surface area contributed by atoms with Crippen molar-refractivity contribution in [2.24, 2.45) is 5.73 Å². The zero-order chi connectivity index (χ0) is 17.9. The van der Waals surface area contributed by atoms with Crippen LogP contribution in [-0.2, 0) is 11.2 Å². The Morgan fingerprint density at radius 1 is 1.17 bits per heavy atom. The maximum absolute atomic E-state index is 12.0. The van der Waals surface area contributed by atoms with E-state index < -0.39 is 35.3 Å². The van der Waals surface area contributed by atoms with Crippen molar-refractivity contribution < 1.29 is 19.8 Å². The molecule has 0 aliphatic rings. The van der Waals surface area contributed by atoms with E-state index in [1.165, 1.54) is 18.2 Å². The van der Waals surface area contributed by atoms with Crippen LogP contribution in [-0.4, -0.2) is 37.7 Å². The molecule has 0 bridgehead atoms. The Morgan fingerprint density at radius 2 is 1.83 bits per heavy atom. The number of nitrogens with zero attached hydrogens (tertiary/aromatic N) is 1. The molecule has 24 heavy (non-hydrogen) atoms. The third-order valence-electron chi connectivity index (χ3n) is 3.58. The van der Waals surface area contributed by atoms with Gasteiger partial charge in [-0.2, -0.15) is 0 Å². The SMILES string of the molecule is N[C@H](C(=O)O)[C@@H](Cc1ccccc1C(=O)O)n1ccc(=O)[nH]c1=O. The first-order valence-electron chi connectivity index (χ1n) is 6.92. The van der Waals surface area contributed by atoms with E-state index in [9.17, 15) is 29.4 Å². The minimum absolute atomic E-state index is 0.0161. The zero-order valence-corrected chi connectivity index (χ0v) is 12.4. The van der Waals surface area contributed by atoms with Crippen LogP contribution in [0.5, 0.6) is 0 Å². The van der Waals surface area contributed by atoms with Crippen LogP contribution in [0.25, 0.3) is 0 Å². The Bertz CT molecular complexity index is 885. The van der Waals surface area contributed by atoms with Gasteiger partial charge in [0, 0.05) is 12.3 Å². The van der Waals surface area contributed by atoms with Gasteiger partial charge >= 0.3 is 17.6 Å². The van der Waals surface area contributed by atoms with Gasteiger partial charge in [-0.05, 0) is 18.1 Å². The number of benzene rings is 1. The molecule has 0 saturated heterocycles. The summed E-state index contributed by atoms with van der Waals surface area (Å²) in [4.78, 5) is 47.7. The van der Waals surface area contributed by atoms with Crippen LogP contribution in [0.2, 0.25) is 0 Å². The number of carboxylic acids is 2. The van der Waals surface area contributed by atoms with Gasteiger partial charge in [0.1, 0.15) is 6.04 Å². The number of rotatable bonds is 6. The largest absolute Gasteiger partial charge is 0.480 e. The predicted molar refractivity (Wildman–Crippen MR) is 83.1 cm³/mol. The summed E-state index contributed by atoms with van der Waals surface area (Å²) in [5.74, 6) is -2.53. The number of hydrogen-bond donors (Lipinski definition) is 4. The number of aromatic nitrogens is 2. The average molecular weight is 333 g/mol. The summed E-state index contributed by atoms with van der Waals surface area (Å²) in [5.41, 5.74) is 4.53. The van der Waals surface area contributed by atoms with Crippen molar-refractivity contribution in [1.29, 1.82) is 0 Å². The summed E-state index contributed by atoms with van der Waals surface area (Å²) >= 11 is 0. The number of nitrogens with two attached hydrogens (primary N) is 1. The smallest absolute Gasteiger partial charge is 0.335 e. The minimum Gasteiger partial charge on any atom is -0.480 e. The van der Waals surface area contributed by atoms with Gasteiger partial charge < -0.3 is 15.9 Å². The van der Waals surface area contributed by atoms with E-state index in [4.69, 9.17) is 5.73 Å². The molecule has 9 heteroatoms. The first kappa shape index (κ1) is 17.2. The van der Waals surface area contributed by atoms with Crippen molar-refractivity contribution in [2.45, 2.75) is 18.5 Å². The lowest BCUT2D eigenvalue weighted by Crippen LogP contribution is -2.45. The summed E-state index contributed by atoms with van der Waals surface area (Å²) < 4.78 is 0.985. The van der Waals surface area contributed by atoms with E-state index in [1.807, 2.05) is 4.98 Å². The monoisotopic (exact) mass is 333 g/mol. The van der Waals surface area contributed by atoms with Crippen molar-refractivity contribution in [3.05, 3.63) is 68.5 Å². The van der Waals surface area contributed by atoms with Gasteiger partial charge in [0.25, 0.3) is 5.56 Å². The van der Waals surface area contributed by atoms with Gasteiger partial charge in [0.05, 0.1) is 11.6 Å². The second-order valence-corrected chi connectivity index (χ2v) is 5.12. The Labute approximate surface area is 135 Å². The molecular weight excluding hydrogens is 318 g/mol. The maximum Gasteiger partial charge on any atom is 0.335 e. The van der Waals surface area contributed by atoms with Crippen LogP contribution < -0.4 is 17.0 Å². The van der Waals surface area contributed by atoms with E-state index in [-0.39, 0.29) is 12.0 Å². The lowest BCUT2D eigenvalue weighted by Gasteiger charge is -2.23. The van der Waals surface area contributed by atoms with Crippen LogP contribution in [0, 0.1) is 0 Å². The van der Waals surface area contributed by atoms with E-state index in [0.717, 1.165) is 16.8 Å². The van der Waals surface area contributed by atoms with Gasteiger partial charge in [-0.3, -0.25) is 19.1 Å². The van der Waals surface area contributed by atoms with Crippen LogP contribution in [0.4, 0.5) is 0 Å². The first-order chi connectivity index (χ1) is 11.3. The molecule has 2 rings (SSSR count). The highest BCUT2D eigenvalue weighted by Gasteiger charge is 2.28. The summed E-state index contributed by atoms with van der Waals surface area (Å²) in [6.07, 6.45) is 1.03. The minimum atomic E-state index is -1.48. The van der Waals surface area contributed by atoms with Crippen LogP contribution in [0.15, 0.2) is 46.1 Å². The van der Waals surface area contributed by atoms with Gasteiger partial charge in [0.15, 0.2) is 0 Å². The lowest BCUT2D eigenvalue weighted by molar-refractivity contribution is -0.139. The molecular formula is C15H15N3O6. The summed E-state index contributed by atoms with van der Waals surface area (Å²) in [7, 11) is 0.